The first-order valence-electron chi connectivity index (χ1n) is 35.9. The van der Waals surface area contributed by atoms with Crippen molar-refractivity contribution in [2.75, 3.05) is 102 Å². The van der Waals surface area contributed by atoms with E-state index in [4.69, 9.17) is 38.6 Å². The van der Waals surface area contributed by atoms with Gasteiger partial charge in [-0.15, -0.1) is 0 Å². The Balaban J connectivity index is 0.000000198. The van der Waals surface area contributed by atoms with Gasteiger partial charge in [0.25, 0.3) is 29.3 Å². The second-order valence-corrected chi connectivity index (χ2v) is 30.7. The van der Waals surface area contributed by atoms with Gasteiger partial charge >= 0.3 is 11.7 Å². The van der Waals surface area contributed by atoms with Crippen LogP contribution in [-0.2, 0) is 14.3 Å². The van der Waals surface area contributed by atoms with Crippen LogP contribution in [0.3, 0.4) is 0 Å². The molecule has 2 aromatic carbocycles. The molecular weight excluding hydrogens is 2120 g/mol. The van der Waals surface area contributed by atoms with E-state index in [2.05, 4.69) is 197 Å². The lowest BCUT2D eigenvalue weighted by Gasteiger charge is -2.34. The van der Waals surface area contributed by atoms with Crippen molar-refractivity contribution in [1.82, 2.24) is 79.8 Å². The summed E-state index contributed by atoms with van der Waals surface area (Å²) in [6, 6.07) is 33.8. The monoisotopic (exact) mass is 2190 g/mol. The van der Waals surface area contributed by atoms with E-state index >= 15 is 0 Å². The Labute approximate surface area is 770 Å². The molecular formula is C81H77Br8N17O17. The number of methoxy groups -OCH3 is 7. The third kappa shape index (κ3) is 27.3. The van der Waals surface area contributed by atoms with Crippen LogP contribution in [0.1, 0.15) is 42.9 Å². The first kappa shape index (κ1) is 97.1. The molecule has 34 nitrogen and oxygen atoms in total. The first-order chi connectivity index (χ1) is 59.2. The van der Waals surface area contributed by atoms with Crippen molar-refractivity contribution in [2.45, 2.75) is 0 Å². The number of pyridine rings is 8. The number of H-pyrrole nitrogens is 4. The molecule has 2 fully saturated rings. The summed E-state index contributed by atoms with van der Waals surface area (Å²) in [5.74, 6) is 1.09. The number of aromatic hydroxyl groups is 2. The molecule has 2 aliphatic rings. The number of piperazine rings is 2. The third-order valence-corrected chi connectivity index (χ3v) is 21.4. The maximum absolute atomic E-state index is 12.9. The number of Topliss-reactive ketones (excluding diaryl/α,β-unsaturated/α-hetero) is 2. The number of carbonyl (C=O) groups is 6. The second kappa shape index (κ2) is 49.1. The molecule has 12 aromatic heterocycles. The fourth-order valence-corrected chi connectivity index (χ4v) is 15.4. The minimum atomic E-state index is -0.912. The van der Waals surface area contributed by atoms with Gasteiger partial charge in [0.2, 0.25) is 0 Å². The summed E-state index contributed by atoms with van der Waals surface area (Å²) in [4.78, 5) is 132. The largest absolute Gasteiger partial charge is 0.506 e. The lowest BCUT2D eigenvalue weighted by atomic mass is 10.1. The quantitative estimate of drug-likeness (QED) is 0.0141. The van der Waals surface area contributed by atoms with E-state index in [-0.39, 0.29) is 46.2 Å². The van der Waals surface area contributed by atoms with Crippen LogP contribution in [0, 0.1) is 10.1 Å². The number of carbonyl (C=O) groups excluding carboxylic acids is 6. The lowest BCUT2D eigenvalue weighted by Crippen LogP contribution is -2.52. The Morgan fingerprint density at radius 2 is 0.935 bits per heavy atom. The number of fused-ring (bicyclic) bond motifs is 4. The predicted molar refractivity (Wildman–Crippen MR) is 489 cm³/mol. The fourth-order valence-electron chi connectivity index (χ4n) is 11.1. The number of aromatic nitrogens is 12. The Bertz CT molecular complexity index is 5920. The van der Waals surface area contributed by atoms with Crippen LogP contribution in [0.5, 0.6) is 46.0 Å². The Kier molecular flexibility index (Phi) is 38.7. The zero-order chi connectivity index (χ0) is 89.2. The molecule has 3 amide bonds. The molecule has 0 saturated carbocycles. The molecule has 0 spiro atoms. The van der Waals surface area contributed by atoms with Crippen LogP contribution in [0.2, 0.25) is 0 Å². The van der Waals surface area contributed by atoms with Crippen molar-refractivity contribution >= 4 is 212 Å². The fraction of sp³-hybridized carbons (Fsp3) is 0.185. The summed E-state index contributed by atoms with van der Waals surface area (Å²) in [5.41, 5.74) is 4.94. The number of hydrogen-bond donors (Lipinski definition) is 7. The molecule has 42 heteroatoms. The number of rotatable bonds is 13. The van der Waals surface area contributed by atoms with Gasteiger partial charge in [0.1, 0.15) is 61.0 Å². The van der Waals surface area contributed by atoms with Gasteiger partial charge in [-0.2, -0.15) is 0 Å². The van der Waals surface area contributed by atoms with Gasteiger partial charge in [-0.25, -0.2) is 24.7 Å². The smallest absolute Gasteiger partial charge is 0.379 e. The molecule has 0 radical (unpaired) electrons. The van der Waals surface area contributed by atoms with Gasteiger partial charge < -0.3 is 83.3 Å². The number of aromatic amines is 4. The molecule has 14 aromatic rings. The predicted octanol–water partition coefficient (Wildman–Crippen LogP) is 16.5. The Hall–Kier alpha value is -11.4. The third-order valence-electron chi connectivity index (χ3n) is 17.1. The highest BCUT2D eigenvalue weighted by Gasteiger charge is 2.32. The number of ether oxygens (including phenoxy) is 7. The molecule has 0 aliphatic carbocycles. The number of nitro groups is 1. The van der Waals surface area contributed by atoms with Gasteiger partial charge in [-0.05, 0) is 200 Å². The highest BCUT2D eigenvalue weighted by atomic mass is 79.9. The van der Waals surface area contributed by atoms with Crippen LogP contribution in [-0.4, -0.2) is 227 Å². The van der Waals surface area contributed by atoms with Crippen molar-refractivity contribution < 1.29 is 78.5 Å². The number of ketones is 2. The maximum atomic E-state index is 12.9. The zero-order valence-electron chi connectivity index (χ0n) is 66.0. The molecule has 7 N–H and O–H groups in total. The van der Waals surface area contributed by atoms with Crippen LogP contribution in [0.15, 0.2) is 226 Å². The van der Waals surface area contributed by atoms with Crippen molar-refractivity contribution in [3.63, 3.8) is 0 Å². The van der Waals surface area contributed by atoms with Crippen molar-refractivity contribution in [3.8, 4) is 46.0 Å². The van der Waals surface area contributed by atoms with Gasteiger partial charge in [-0.3, -0.25) is 54.0 Å². The molecule has 2 saturated heterocycles. The van der Waals surface area contributed by atoms with E-state index in [0.29, 0.717) is 93.8 Å². The van der Waals surface area contributed by atoms with E-state index in [1.165, 1.54) is 63.3 Å². The van der Waals surface area contributed by atoms with Crippen LogP contribution in [0.25, 0.3) is 43.6 Å². The highest BCUT2D eigenvalue weighted by molar-refractivity contribution is 9.12. The minimum Gasteiger partial charge on any atom is -0.506 e. The van der Waals surface area contributed by atoms with Crippen molar-refractivity contribution in [1.29, 1.82) is 0 Å². The van der Waals surface area contributed by atoms with Gasteiger partial charge in [0, 0.05) is 107 Å². The van der Waals surface area contributed by atoms with E-state index in [1.54, 1.807) is 93.6 Å². The van der Waals surface area contributed by atoms with E-state index in [1.807, 2.05) is 90.1 Å². The average Bonchev–Trinajstić information content (AvgIpc) is 1.64. The molecule has 2 aliphatic heterocycles. The molecule has 16 rings (SSSR count). The summed E-state index contributed by atoms with van der Waals surface area (Å²) in [5, 5.41) is 34.3. The second-order valence-electron chi connectivity index (χ2n) is 24.5. The Morgan fingerprint density at radius 3 is 1.42 bits per heavy atom. The molecule has 644 valence electrons. The van der Waals surface area contributed by atoms with Gasteiger partial charge in [-0.1, -0.05) is 36.4 Å². The van der Waals surface area contributed by atoms with E-state index in [9.17, 15) is 38.9 Å². The first-order valence-corrected chi connectivity index (χ1v) is 42.2. The number of halogens is 8. The maximum Gasteiger partial charge on any atom is 0.379 e. The number of nitrogens with zero attached hydrogens (tertiary/aromatic N) is 12. The summed E-state index contributed by atoms with van der Waals surface area (Å²) in [6.07, 6.45) is 19.3. The van der Waals surface area contributed by atoms with Crippen LogP contribution >= 0.6 is 127 Å². The molecule has 0 bridgehead atoms. The van der Waals surface area contributed by atoms with E-state index in [0.717, 1.165) is 87.1 Å². The zero-order valence-corrected chi connectivity index (χ0v) is 78.7. The molecule has 0 unspecified atom stereocenters. The van der Waals surface area contributed by atoms with Crippen LogP contribution < -0.4 is 33.7 Å². The number of nitrogens with one attached hydrogen (secondary N) is 5. The van der Waals surface area contributed by atoms with Gasteiger partial charge in [0.15, 0.2) is 21.9 Å². The number of amides is 3. The summed E-state index contributed by atoms with van der Waals surface area (Å²) >= 11 is 25.4. The van der Waals surface area contributed by atoms with Crippen molar-refractivity contribution in [3.05, 3.63) is 259 Å². The van der Waals surface area contributed by atoms with E-state index < -0.39 is 28.4 Å². The van der Waals surface area contributed by atoms with Gasteiger partial charge in [0.05, 0.1) is 148 Å². The highest BCUT2D eigenvalue weighted by Crippen LogP contribution is 2.37. The topological polar surface area (TPSA) is 439 Å². The molecule has 0 atom stereocenters. The number of esters is 1. The summed E-state index contributed by atoms with van der Waals surface area (Å²) in [6.45, 7) is 4.81. The molecule has 14 heterocycles. The van der Waals surface area contributed by atoms with Crippen LogP contribution in [0.4, 0.5) is 5.69 Å². The summed E-state index contributed by atoms with van der Waals surface area (Å²) < 4.78 is 39.7. The normalized spacial score (nSPS) is 11.7. The SMILES string of the molecule is COC(=O)C(=O)c1c[nH]c2cncc(OC)c12.COc1c(Br)nc(Br)c2[nH]ccc12.COc1cc([N+](=O)[O-])c(Br)nc1Br.COc1ccc(Br)nc1Br.COc1cncc2[nH]cc(C(=O)C(=O)N3CCN(C(=O)c4ccccc4)CC3)c12.COc1cncc2[nH]ccc12.O=C(c1ccccc1)N1CCNCC1.Oc1ccc(Br)nc1Br.Oc1cccnc1.[2HH]. The molecule has 123 heavy (non-hydrogen) atoms. The lowest BCUT2D eigenvalue weighted by molar-refractivity contribution is -0.386. The Morgan fingerprint density at radius 1 is 0.447 bits per heavy atom. The standard InChI is InChI=1S/C21H20N4O4.C11H10N2O4.C11H14N2O.C8H6Br2N2O.C8H8N2O.C6H4Br2N2O3.C6H5Br2NO.C5H3Br2NO.C5H5NO.H2/c1-29-17-13-22-12-16-18(17)15(11-23-16)19(26)21(28)25-9-7-24(8-10-25)20(27)14-5-3-2-4-6-14;1-16-8-5-12-4-7-9(8)6(3-13-7)10(14)11(15)17-2;14-11(10-4-2-1-3-5-10)13-8-6-12-7-9-13;1-13-6-4-2-3-11-5(4)7(9)12-8(6)10;1-11-8-5-9-4-7-6(8)2-3-10-7;1-13-4-2-3(10(11)12)5(7)9-6(4)8;1-10-4-2-3-5(7)9-6(4)8;6-4-2-1-3(9)5(7)8-4;7-5-2-1-3-6-4-5;/h2-6,11-13,23H,7-10H2,1H3;3-5,13H,1-2H3;1-5,12H,6-9H2;2-3,11H,1H3;2-5,10H,1H3;2H,1H3;2-3H,1H3;1-2,9H;1-4,7H;1H/i;;;;;;;;;1+1. The number of hydrogen-bond acceptors (Lipinski definition) is 26. The number of benzene rings is 2. The summed E-state index contributed by atoms with van der Waals surface area (Å²) in [7, 11) is 10.4. The average molecular weight is 2200 g/mol. The minimum absolute atomic E-state index is 0. The van der Waals surface area contributed by atoms with Crippen molar-refractivity contribution in [2.24, 2.45) is 0 Å².